The molecule has 0 amide bonds. The van der Waals surface area contributed by atoms with Crippen LogP contribution in [0.15, 0.2) is 16.9 Å². The van der Waals surface area contributed by atoms with E-state index >= 15 is 0 Å². The molecular formula is C10H14BrN3O. The number of anilines is 1. The molecule has 0 bridgehead atoms. The van der Waals surface area contributed by atoms with Crippen LogP contribution in [0.25, 0.3) is 0 Å². The number of hydrogen-bond acceptors (Lipinski definition) is 4. The van der Waals surface area contributed by atoms with Crippen molar-refractivity contribution in [2.75, 3.05) is 24.6 Å². The summed E-state index contributed by atoms with van der Waals surface area (Å²) in [5, 5.41) is 9.12. The molecular weight excluding hydrogens is 258 g/mol. The van der Waals surface area contributed by atoms with Gasteiger partial charge in [0.25, 0.3) is 0 Å². The number of rotatable bonds is 2. The minimum Gasteiger partial charge on any atom is -0.396 e. The van der Waals surface area contributed by atoms with Crippen molar-refractivity contribution in [2.45, 2.75) is 12.8 Å². The summed E-state index contributed by atoms with van der Waals surface area (Å²) >= 11 is 3.31. The van der Waals surface area contributed by atoms with E-state index in [2.05, 4.69) is 30.8 Å². The van der Waals surface area contributed by atoms with Gasteiger partial charge in [0.1, 0.15) is 0 Å². The highest BCUT2D eigenvalue weighted by Crippen LogP contribution is 2.20. The minimum absolute atomic E-state index is 0.257. The lowest BCUT2D eigenvalue weighted by molar-refractivity contribution is 0.208. The summed E-state index contributed by atoms with van der Waals surface area (Å²) in [7, 11) is 0. The Morgan fingerprint density at radius 3 is 2.87 bits per heavy atom. The lowest BCUT2D eigenvalue weighted by Crippen LogP contribution is -2.37. The van der Waals surface area contributed by atoms with Gasteiger partial charge >= 0.3 is 0 Å². The molecule has 5 heteroatoms. The predicted molar refractivity (Wildman–Crippen MR) is 61.8 cm³/mol. The van der Waals surface area contributed by atoms with Gasteiger partial charge in [-0.1, -0.05) is 0 Å². The number of aliphatic hydroxyl groups excluding tert-OH is 1. The molecule has 0 radical (unpaired) electrons. The van der Waals surface area contributed by atoms with Crippen LogP contribution in [-0.4, -0.2) is 34.8 Å². The maximum atomic E-state index is 9.12. The van der Waals surface area contributed by atoms with E-state index in [1.165, 1.54) is 0 Å². The van der Waals surface area contributed by atoms with Gasteiger partial charge in [-0.15, -0.1) is 0 Å². The number of halogens is 1. The first-order valence-electron chi connectivity index (χ1n) is 5.13. The van der Waals surface area contributed by atoms with E-state index in [-0.39, 0.29) is 6.61 Å². The van der Waals surface area contributed by atoms with Gasteiger partial charge < -0.3 is 10.0 Å². The largest absolute Gasteiger partial charge is 0.396 e. The van der Waals surface area contributed by atoms with Gasteiger partial charge in [-0.3, -0.25) is 0 Å². The van der Waals surface area contributed by atoms with E-state index < -0.39 is 0 Å². The van der Waals surface area contributed by atoms with Gasteiger partial charge in [-0.05, 0) is 34.7 Å². The molecule has 2 heterocycles. The maximum Gasteiger partial charge on any atom is 0.225 e. The van der Waals surface area contributed by atoms with E-state index in [0.717, 1.165) is 36.4 Å². The molecule has 0 unspecified atom stereocenters. The molecule has 1 N–H and O–H groups in total. The zero-order valence-electron chi connectivity index (χ0n) is 8.43. The van der Waals surface area contributed by atoms with Crippen molar-refractivity contribution in [2.24, 2.45) is 5.92 Å². The van der Waals surface area contributed by atoms with Gasteiger partial charge in [-0.25, -0.2) is 9.97 Å². The van der Waals surface area contributed by atoms with Crippen LogP contribution in [0, 0.1) is 5.92 Å². The van der Waals surface area contributed by atoms with Crippen molar-refractivity contribution < 1.29 is 5.11 Å². The first-order chi connectivity index (χ1) is 7.29. The second kappa shape index (κ2) is 4.90. The summed E-state index contributed by atoms with van der Waals surface area (Å²) in [5.74, 6) is 1.13. The van der Waals surface area contributed by atoms with Crippen LogP contribution < -0.4 is 4.90 Å². The van der Waals surface area contributed by atoms with Crippen LogP contribution in [0.1, 0.15) is 12.8 Å². The lowest BCUT2D eigenvalue weighted by atomic mass is 9.99. The van der Waals surface area contributed by atoms with Crippen LogP contribution in [0.2, 0.25) is 0 Å². The summed E-state index contributed by atoms with van der Waals surface area (Å²) < 4.78 is 0.891. The first kappa shape index (κ1) is 10.8. The number of aliphatic hydroxyl groups is 1. The Hall–Kier alpha value is -0.680. The van der Waals surface area contributed by atoms with Crippen molar-refractivity contribution >= 4 is 21.9 Å². The van der Waals surface area contributed by atoms with E-state index in [1.54, 1.807) is 12.4 Å². The molecule has 82 valence electrons. The molecule has 0 spiro atoms. The Bertz CT molecular complexity index is 317. The molecule has 1 aromatic rings. The Kier molecular flexibility index (Phi) is 3.53. The first-order valence-corrected chi connectivity index (χ1v) is 5.92. The number of piperidine rings is 1. The van der Waals surface area contributed by atoms with Crippen molar-refractivity contribution in [1.82, 2.24) is 9.97 Å². The molecule has 15 heavy (non-hydrogen) atoms. The Balaban J connectivity index is 2.06. The predicted octanol–water partition coefficient (Wildman–Crippen LogP) is 1.45. The van der Waals surface area contributed by atoms with Crippen molar-refractivity contribution in [1.29, 1.82) is 0 Å². The highest BCUT2D eigenvalue weighted by Gasteiger charge is 2.20. The highest BCUT2D eigenvalue weighted by atomic mass is 79.9. The van der Waals surface area contributed by atoms with E-state index in [9.17, 15) is 0 Å². The Morgan fingerprint density at radius 1 is 1.47 bits per heavy atom. The fourth-order valence-corrected chi connectivity index (χ4v) is 2.07. The number of nitrogens with zero attached hydrogens (tertiary/aromatic N) is 3. The molecule has 0 saturated carbocycles. The monoisotopic (exact) mass is 271 g/mol. The van der Waals surface area contributed by atoms with E-state index in [4.69, 9.17) is 5.11 Å². The molecule has 1 saturated heterocycles. The summed E-state index contributed by atoms with van der Waals surface area (Å²) in [4.78, 5) is 10.6. The molecule has 1 aliphatic rings. The highest BCUT2D eigenvalue weighted by molar-refractivity contribution is 9.10. The summed E-state index contributed by atoms with van der Waals surface area (Å²) in [6, 6.07) is 0. The quantitative estimate of drug-likeness (QED) is 0.885. The zero-order valence-corrected chi connectivity index (χ0v) is 10.0. The topological polar surface area (TPSA) is 49.2 Å². The van der Waals surface area contributed by atoms with Gasteiger partial charge in [0.15, 0.2) is 0 Å². The van der Waals surface area contributed by atoms with Crippen LogP contribution in [0.3, 0.4) is 0 Å². The molecule has 4 nitrogen and oxygen atoms in total. The fourth-order valence-electron chi connectivity index (χ4n) is 1.86. The third-order valence-electron chi connectivity index (χ3n) is 2.67. The zero-order chi connectivity index (χ0) is 10.7. The third-order valence-corrected chi connectivity index (χ3v) is 3.08. The van der Waals surface area contributed by atoms with Gasteiger partial charge in [0, 0.05) is 32.1 Å². The van der Waals surface area contributed by atoms with Crippen LogP contribution >= 0.6 is 15.9 Å². The maximum absolute atomic E-state index is 9.12. The summed E-state index contributed by atoms with van der Waals surface area (Å²) in [6.07, 6.45) is 5.71. The van der Waals surface area contributed by atoms with Crippen LogP contribution in [0.5, 0.6) is 0 Å². The smallest absolute Gasteiger partial charge is 0.225 e. The van der Waals surface area contributed by atoms with Gasteiger partial charge in [0.05, 0.1) is 4.47 Å². The second-order valence-corrected chi connectivity index (χ2v) is 4.75. The third kappa shape index (κ3) is 2.66. The SMILES string of the molecule is OC[C@H]1CCCN(c2ncc(Br)cn2)C1. The minimum atomic E-state index is 0.257. The summed E-state index contributed by atoms with van der Waals surface area (Å²) in [6.45, 7) is 2.10. The average molecular weight is 272 g/mol. The summed E-state index contributed by atoms with van der Waals surface area (Å²) in [5.41, 5.74) is 0. The van der Waals surface area contributed by atoms with Crippen LogP contribution in [0.4, 0.5) is 5.95 Å². The number of aromatic nitrogens is 2. The standard InChI is InChI=1S/C10H14BrN3O/c11-9-4-12-10(13-5-9)14-3-1-2-8(6-14)7-15/h4-5,8,15H,1-3,6-7H2/t8-/m0/s1. The molecule has 1 aromatic heterocycles. The molecule has 0 aromatic carbocycles. The molecule has 1 atom stereocenters. The Morgan fingerprint density at radius 2 is 2.20 bits per heavy atom. The van der Waals surface area contributed by atoms with Crippen molar-refractivity contribution in [3.8, 4) is 0 Å². The molecule has 1 fully saturated rings. The molecule has 1 aliphatic heterocycles. The van der Waals surface area contributed by atoms with E-state index in [1.807, 2.05) is 0 Å². The van der Waals surface area contributed by atoms with Crippen LogP contribution in [-0.2, 0) is 0 Å². The normalized spacial score (nSPS) is 21.7. The second-order valence-electron chi connectivity index (χ2n) is 3.84. The fraction of sp³-hybridized carbons (Fsp3) is 0.600. The molecule has 2 rings (SSSR count). The van der Waals surface area contributed by atoms with Crippen molar-refractivity contribution in [3.63, 3.8) is 0 Å². The van der Waals surface area contributed by atoms with Crippen molar-refractivity contribution in [3.05, 3.63) is 16.9 Å². The lowest BCUT2D eigenvalue weighted by Gasteiger charge is -2.31. The van der Waals surface area contributed by atoms with E-state index in [0.29, 0.717) is 5.92 Å². The number of hydrogen-bond donors (Lipinski definition) is 1. The molecule has 0 aliphatic carbocycles. The van der Waals surface area contributed by atoms with Gasteiger partial charge in [0.2, 0.25) is 5.95 Å². The average Bonchev–Trinajstić information content (AvgIpc) is 2.30. The Labute approximate surface area is 97.5 Å². The van der Waals surface area contributed by atoms with Gasteiger partial charge in [-0.2, -0.15) is 0 Å².